The van der Waals surface area contributed by atoms with Gasteiger partial charge >= 0.3 is 17.9 Å². The number of esters is 3. The Balaban J connectivity index is 2.69. The molecule has 0 atom stereocenters. The van der Waals surface area contributed by atoms with Crippen LogP contribution < -0.4 is 0 Å². The zero-order chi connectivity index (χ0) is 20.8. The first-order valence-electron chi connectivity index (χ1n) is 9.93. The summed E-state index contributed by atoms with van der Waals surface area (Å²) < 4.78 is 15.9. The number of rotatable bonds is 13. The van der Waals surface area contributed by atoms with Crippen LogP contribution in [0.4, 0.5) is 0 Å². The number of carbonyl (C=O) groups is 3. The van der Waals surface area contributed by atoms with E-state index in [0.717, 1.165) is 31.2 Å². The molecule has 0 radical (unpaired) electrons. The van der Waals surface area contributed by atoms with E-state index in [9.17, 15) is 14.4 Å². The van der Waals surface area contributed by atoms with Gasteiger partial charge in [-0.05, 0) is 25.3 Å². The third-order valence-corrected chi connectivity index (χ3v) is 4.28. The average molecular weight is 392 g/mol. The average Bonchev–Trinajstić information content (AvgIpc) is 2.72. The number of hydrogen-bond donors (Lipinski definition) is 0. The van der Waals surface area contributed by atoms with Crippen LogP contribution in [-0.2, 0) is 35.2 Å². The van der Waals surface area contributed by atoms with Gasteiger partial charge < -0.3 is 14.2 Å². The highest BCUT2D eigenvalue weighted by Gasteiger charge is 2.38. The van der Waals surface area contributed by atoms with Gasteiger partial charge in [0.05, 0.1) is 0 Å². The van der Waals surface area contributed by atoms with Gasteiger partial charge in [0.25, 0.3) is 0 Å². The van der Waals surface area contributed by atoms with E-state index in [1.807, 2.05) is 44.2 Å². The van der Waals surface area contributed by atoms with Gasteiger partial charge in [0.2, 0.25) is 0 Å². The Labute approximate surface area is 167 Å². The van der Waals surface area contributed by atoms with Crippen molar-refractivity contribution in [3.8, 4) is 0 Å². The summed E-state index contributed by atoms with van der Waals surface area (Å²) in [5.74, 6) is -1.31. The number of benzene rings is 1. The summed E-state index contributed by atoms with van der Waals surface area (Å²) in [5, 5.41) is 0. The maximum atomic E-state index is 12.7. The lowest BCUT2D eigenvalue weighted by Gasteiger charge is -2.26. The van der Waals surface area contributed by atoms with Crippen LogP contribution in [0.15, 0.2) is 30.3 Å². The Bertz CT molecular complexity index is 587. The quantitative estimate of drug-likeness (QED) is 0.370. The minimum atomic E-state index is -1.25. The molecule has 156 valence electrons. The van der Waals surface area contributed by atoms with Crippen LogP contribution in [0.3, 0.4) is 0 Å². The summed E-state index contributed by atoms with van der Waals surface area (Å²) in [6.07, 6.45) is 3.78. The Kier molecular flexibility index (Phi) is 10.9. The maximum Gasteiger partial charge on any atom is 0.319 e. The molecule has 0 aliphatic rings. The van der Waals surface area contributed by atoms with E-state index in [0.29, 0.717) is 12.8 Å². The van der Waals surface area contributed by atoms with E-state index in [1.54, 1.807) is 6.92 Å². The van der Waals surface area contributed by atoms with Crippen LogP contribution in [0.1, 0.15) is 64.9 Å². The maximum absolute atomic E-state index is 12.7. The first-order chi connectivity index (χ1) is 13.4. The van der Waals surface area contributed by atoms with E-state index in [4.69, 9.17) is 14.2 Å². The highest BCUT2D eigenvalue weighted by atomic mass is 16.6. The lowest BCUT2D eigenvalue weighted by atomic mass is 9.93. The predicted molar refractivity (Wildman–Crippen MR) is 105 cm³/mol. The van der Waals surface area contributed by atoms with Crippen molar-refractivity contribution in [3.63, 3.8) is 0 Å². The normalized spacial score (nSPS) is 11.0. The van der Waals surface area contributed by atoms with Gasteiger partial charge in [0, 0.05) is 12.8 Å². The van der Waals surface area contributed by atoms with Crippen molar-refractivity contribution in [3.05, 3.63) is 35.9 Å². The zero-order valence-corrected chi connectivity index (χ0v) is 17.2. The second kappa shape index (κ2) is 12.9. The van der Waals surface area contributed by atoms with Crippen LogP contribution in [0.25, 0.3) is 0 Å². The van der Waals surface area contributed by atoms with Crippen LogP contribution >= 0.6 is 0 Å². The summed E-state index contributed by atoms with van der Waals surface area (Å²) in [4.78, 5) is 36.4. The molecule has 1 aromatic carbocycles. The molecule has 1 aromatic rings. The van der Waals surface area contributed by atoms with Crippen LogP contribution in [0, 0.1) is 5.41 Å². The summed E-state index contributed by atoms with van der Waals surface area (Å²) in [5.41, 5.74) is -0.406. The van der Waals surface area contributed by atoms with Crippen molar-refractivity contribution in [1.29, 1.82) is 0 Å². The summed E-state index contributed by atoms with van der Waals surface area (Å²) in [6.45, 7) is 5.26. The van der Waals surface area contributed by atoms with E-state index in [-0.39, 0.29) is 31.8 Å². The van der Waals surface area contributed by atoms with Gasteiger partial charge in [-0.3, -0.25) is 14.4 Å². The van der Waals surface area contributed by atoms with Crippen LogP contribution in [-0.4, -0.2) is 31.1 Å². The van der Waals surface area contributed by atoms with Gasteiger partial charge in [0.15, 0.2) is 0 Å². The van der Waals surface area contributed by atoms with Crippen molar-refractivity contribution < 1.29 is 28.6 Å². The van der Waals surface area contributed by atoms with Crippen LogP contribution in [0.2, 0.25) is 0 Å². The molecule has 0 amide bonds. The van der Waals surface area contributed by atoms with Crippen molar-refractivity contribution >= 4 is 17.9 Å². The molecule has 0 spiro atoms. The summed E-state index contributed by atoms with van der Waals surface area (Å²) in [7, 11) is 0. The van der Waals surface area contributed by atoms with Crippen molar-refractivity contribution in [2.45, 2.75) is 65.9 Å². The molecule has 0 saturated heterocycles. The first-order valence-corrected chi connectivity index (χ1v) is 9.93. The Morgan fingerprint density at radius 3 is 1.79 bits per heavy atom. The van der Waals surface area contributed by atoms with E-state index >= 15 is 0 Å². The third-order valence-electron chi connectivity index (χ3n) is 4.28. The minimum absolute atomic E-state index is 0.100. The molecule has 6 nitrogen and oxygen atoms in total. The topological polar surface area (TPSA) is 78.9 Å². The lowest BCUT2D eigenvalue weighted by Crippen LogP contribution is -2.40. The standard InChI is InChI=1S/C22H32O6/c1-4-6-13-19(23)27-16-22(3,17-28-20(24)14-7-5-2)21(25)26-15-18-11-9-8-10-12-18/h8-12H,4-7,13-17H2,1-3H3. The third kappa shape index (κ3) is 9.02. The fraction of sp³-hybridized carbons (Fsp3) is 0.591. The fourth-order valence-electron chi connectivity index (χ4n) is 2.32. The smallest absolute Gasteiger partial charge is 0.319 e. The second-order valence-electron chi connectivity index (χ2n) is 7.15. The van der Waals surface area contributed by atoms with Crippen molar-refractivity contribution in [1.82, 2.24) is 0 Å². The van der Waals surface area contributed by atoms with Crippen LogP contribution in [0.5, 0.6) is 0 Å². The Morgan fingerprint density at radius 2 is 1.32 bits per heavy atom. The largest absolute Gasteiger partial charge is 0.464 e. The molecule has 0 aliphatic carbocycles. The molecule has 0 fully saturated rings. The monoisotopic (exact) mass is 392 g/mol. The summed E-state index contributed by atoms with van der Waals surface area (Å²) in [6, 6.07) is 9.28. The van der Waals surface area contributed by atoms with Crippen molar-refractivity contribution in [2.24, 2.45) is 5.41 Å². The van der Waals surface area contributed by atoms with Gasteiger partial charge in [-0.25, -0.2) is 0 Å². The molecular weight excluding hydrogens is 360 g/mol. The Hall–Kier alpha value is -2.37. The molecule has 0 aliphatic heterocycles. The molecule has 0 N–H and O–H groups in total. The van der Waals surface area contributed by atoms with Gasteiger partial charge in [0.1, 0.15) is 25.2 Å². The highest BCUT2D eigenvalue weighted by molar-refractivity contribution is 5.78. The molecule has 28 heavy (non-hydrogen) atoms. The van der Waals surface area contributed by atoms with Gasteiger partial charge in [-0.2, -0.15) is 0 Å². The molecule has 0 aromatic heterocycles. The second-order valence-corrected chi connectivity index (χ2v) is 7.15. The number of hydrogen-bond acceptors (Lipinski definition) is 6. The fourth-order valence-corrected chi connectivity index (χ4v) is 2.32. The minimum Gasteiger partial charge on any atom is -0.464 e. The number of ether oxygens (including phenoxy) is 3. The molecule has 0 bridgehead atoms. The lowest BCUT2D eigenvalue weighted by molar-refractivity contribution is -0.171. The van der Waals surface area contributed by atoms with Gasteiger partial charge in [-0.15, -0.1) is 0 Å². The molecule has 6 heteroatoms. The Morgan fingerprint density at radius 1 is 0.821 bits per heavy atom. The number of unbranched alkanes of at least 4 members (excludes halogenated alkanes) is 2. The van der Waals surface area contributed by atoms with E-state index in [2.05, 4.69) is 0 Å². The first kappa shape index (κ1) is 23.7. The number of carbonyl (C=O) groups excluding carboxylic acids is 3. The van der Waals surface area contributed by atoms with E-state index < -0.39 is 11.4 Å². The van der Waals surface area contributed by atoms with E-state index in [1.165, 1.54) is 0 Å². The summed E-state index contributed by atoms with van der Waals surface area (Å²) >= 11 is 0. The molecule has 0 heterocycles. The van der Waals surface area contributed by atoms with Crippen molar-refractivity contribution in [2.75, 3.05) is 13.2 Å². The van der Waals surface area contributed by atoms with Gasteiger partial charge in [-0.1, -0.05) is 57.0 Å². The molecule has 1 rings (SSSR count). The highest BCUT2D eigenvalue weighted by Crippen LogP contribution is 2.22. The predicted octanol–water partition coefficient (Wildman–Crippen LogP) is 4.20. The zero-order valence-electron chi connectivity index (χ0n) is 17.2. The SMILES string of the molecule is CCCCC(=O)OCC(C)(COC(=O)CCCC)C(=O)OCc1ccccc1. The molecular formula is C22H32O6. The molecule has 0 saturated carbocycles. The molecule has 0 unspecified atom stereocenters.